The first-order valence-electron chi connectivity index (χ1n) is 9.34. The van der Waals surface area contributed by atoms with Gasteiger partial charge in [0.1, 0.15) is 0 Å². The fraction of sp³-hybridized carbons (Fsp3) is 0.632. The third-order valence-electron chi connectivity index (χ3n) is 4.69. The van der Waals surface area contributed by atoms with Crippen LogP contribution < -0.4 is 10.0 Å². The highest BCUT2D eigenvalue weighted by Gasteiger charge is 2.22. The second kappa shape index (κ2) is 9.76. The number of benzene rings is 1. The number of thioether (sulfide) groups is 1. The van der Waals surface area contributed by atoms with E-state index in [4.69, 9.17) is 0 Å². The fourth-order valence-corrected chi connectivity index (χ4v) is 4.96. The fourth-order valence-electron chi connectivity index (χ4n) is 3.09. The van der Waals surface area contributed by atoms with E-state index in [0.29, 0.717) is 5.69 Å². The Morgan fingerprint density at radius 3 is 2.31 bits per heavy atom. The van der Waals surface area contributed by atoms with Crippen molar-refractivity contribution in [2.75, 3.05) is 11.6 Å². The first-order valence-corrected chi connectivity index (χ1v) is 12.1. The molecule has 0 atom stereocenters. The van der Waals surface area contributed by atoms with E-state index in [0.717, 1.165) is 30.6 Å². The largest absolute Gasteiger partial charge is 0.325 e. The zero-order chi connectivity index (χ0) is 19.2. The van der Waals surface area contributed by atoms with Crippen LogP contribution in [-0.2, 0) is 14.8 Å². The molecule has 146 valence electrons. The van der Waals surface area contributed by atoms with E-state index in [1.54, 1.807) is 18.2 Å². The van der Waals surface area contributed by atoms with Gasteiger partial charge in [-0.15, -0.1) is 11.8 Å². The Hall–Kier alpha value is -1.05. The molecule has 1 aliphatic rings. The number of hydrogen-bond acceptors (Lipinski definition) is 4. The SMILES string of the molecule is CSc1ccc(S(=O)(=O)NC2CCCCCCC2)cc1NC(=O)C(C)C. The predicted octanol–water partition coefficient (Wildman–Crippen LogP) is 4.39. The number of carbonyl (C=O) groups excluding carboxylic acids is 1. The molecule has 1 aromatic carbocycles. The molecule has 2 rings (SSSR count). The van der Waals surface area contributed by atoms with Gasteiger partial charge in [-0.25, -0.2) is 13.1 Å². The quantitative estimate of drug-likeness (QED) is 0.697. The number of sulfonamides is 1. The predicted molar refractivity (Wildman–Crippen MR) is 108 cm³/mol. The second-order valence-corrected chi connectivity index (χ2v) is 9.73. The van der Waals surface area contributed by atoms with E-state index in [9.17, 15) is 13.2 Å². The van der Waals surface area contributed by atoms with Crippen molar-refractivity contribution in [3.63, 3.8) is 0 Å². The maximum atomic E-state index is 12.8. The van der Waals surface area contributed by atoms with E-state index in [1.165, 1.54) is 31.0 Å². The lowest BCUT2D eigenvalue weighted by Gasteiger charge is -2.21. The Balaban J connectivity index is 2.20. The number of anilines is 1. The van der Waals surface area contributed by atoms with Crippen LogP contribution in [0.2, 0.25) is 0 Å². The van der Waals surface area contributed by atoms with Crippen molar-refractivity contribution in [3.8, 4) is 0 Å². The van der Waals surface area contributed by atoms with Gasteiger partial charge >= 0.3 is 0 Å². The molecule has 0 aromatic heterocycles. The summed E-state index contributed by atoms with van der Waals surface area (Å²) >= 11 is 1.48. The van der Waals surface area contributed by atoms with Gasteiger partial charge in [-0.2, -0.15) is 0 Å². The van der Waals surface area contributed by atoms with Crippen LogP contribution in [0.3, 0.4) is 0 Å². The zero-order valence-corrected chi connectivity index (χ0v) is 17.5. The van der Waals surface area contributed by atoms with Crippen LogP contribution >= 0.6 is 11.8 Å². The molecule has 1 aromatic rings. The van der Waals surface area contributed by atoms with E-state index >= 15 is 0 Å². The molecule has 0 saturated heterocycles. The number of hydrogen-bond donors (Lipinski definition) is 2. The lowest BCUT2D eigenvalue weighted by Crippen LogP contribution is -2.35. The van der Waals surface area contributed by atoms with Crippen LogP contribution in [0, 0.1) is 5.92 Å². The minimum atomic E-state index is -3.60. The summed E-state index contributed by atoms with van der Waals surface area (Å²) in [5.74, 6) is -0.291. The number of rotatable bonds is 6. The van der Waals surface area contributed by atoms with Crippen molar-refractivity contribution < 1.29 is 13.2 Å². The highest BCUT2D eigenvalue weighted by molar-refractivity contribution is 7.98. The molecule has 1 fully saturated rings. The monoisotopic (exact) mass is 398 g/mol. The number of carbonyl (C=O) groups is 1. The Bertz CT molecular complexity index is 709. The van der Waals surface area contributed by atoms with Gasteiger partial charge in [-0.05, 0) is 37.3 Å². The Kier molecular flexibility index (Phi) is 7.98. The van der Waals surface area contributed by atoms with Crippen molar-refractivity contribution in [3.05, 3.63) is 18.2 Å². The summed E-state index contributed by atoms with van der Waals surface area (Å²) in [7, 11) is -3.60. The molecule has 0 bridgehead atoms. The Labute approximate surface area is 161 Å². The van der Waals surface area contributed by atoms with Crippen LogP contribution in [0.15, 0.2) is 28.0 Å². The standard InChI is InChI=1S/C19H30N2O3S2/c1-14(2)19(22)20-17-13-16(11-12-18(17)25-3)26(23,24)21-15-9-7-5-4-6-8-10-15/h11-15,21H,4-10H2,1-3H3,(H,20,22). The lowest BCUT2D eigenvalue weighted by atomic mass is 9.97. The summed E-state index contributed by atoms with van der Waals surface area (Å²) in [6.45, 7) is 3.62. The first-order chi connectivity index (χ1) is 12.3. The average Bonchev–Trinajstić information content (AvgIpc) is 2.57. The smallest absolute Gasteiger partial charge is 0.240 e. The van der Waals surface area contributed by atoms with Gasteiger partial charge in [0.2, 0.25) is 15.9 Å². The zero-order valence-electron chi connectivity index (χ0n) is 15.9. The van der Waals surface area contributed by atoms with E-state index < -0.39 is 10.0 Å². The summed E-state index contributed by atoms with van der Waals surface area (Å²) in [5.41, 5.74) is 0.553. The van der Waals surface area contributed by atoms with Gasteiger partial charge < -0.3 is 5.32 Å². The number of nitrogens with one attached hydrogen (secondary N) is 2. The van der Waals surface area contributed by atoms with Crippen LogP contribution in [-0.4, -0.2) is 26.6 Å². The van der Waals surface area contributed by atoms with Crippen LogP contribution in [0.4, 0.5) is 5.69 Å². The molecular weight excluding hydrogens is 368 g/mol. The Morgan fingerprint density at radius 2 is 1.73 bits per heavy atom. The van der Waals surface area contributed by atoms with Crippen molar-refractivity contribution in [2.24, 2.45) is 5.92 Å². The van der Waals surface area contributed by atoms with Crippen molar-refractivity contribution in [1.29, 1.82) is 0 Å². The van der Waals surface area contributed by atoms with Crippen LogP contribution in [0.5, 0.6) is 0 Å². The molecule has 1 aliphatic carbocycles. The summed E-state index contributed by atoms with van der Waals surface area (Å²) in [6, 6.07) is 4.93. The topological polar surface area (TPSA) is 75.3 Å². The van der Waals surface area contributed by atoms with Crippen LogP contribution in [0.1, 0.15) is 58.8 Å². The molecule has 1 saturated carbocycles. The van der Waals surface area contributed by atoms with Crippen molar-refractivity contribution >= 4 is 33.4 Å². The number of amides is 1. The van der Waals surface area contributed by atoms with Crippen LogP contribution in [0.25, 0.3) is 0 Å². The molecule has 2 N–H and O–H groups in total. The van der Waals surface area contributed by atoms with E-state index in [1.807, 2.05) is 20.1 Å². The van der Waals surface area contributed by atoms with E-state index in [2.05, 4.69) is 10.0 Å². The summed E-state index contributed by atoms with van der Waals surface area (Å²) < 4.78 is 28.6. The van der Waals surface area contributed by atoms with Gasteiger partial charge in [0.05, 0.1) is 10.6 Å². The van der Waals surface area contributed by atoms with Gasteiger partial charge in [-0.1, -0.05) is 46.0 Å². The molecular formula is C19H30N2O3S2. The normalized spacial score (nSPS) is 16.9. The van der Waals surface area contributed by atoms with Gasteiger partial charge in [0.25, 0.3) is 0 Å². The highest BCUT2D eigenvalue weighted by Crippen LogP contribution is 2.29. The maximum Gasteiger partial charge on any atom is 0.240 e. The van der Waals surface area contributed by atoms with Gasteiger partial charge in [0.15, 0.2) is 0 Å². The molecule has 0 aliphatic heterocycles. The first kappa shape index (κ1) is 21.3. The summed E-state index contributed by atoms with van der Waals surface area (Å²) in [6.07, 6.45) is 9.40. The third-order valence-corrected chi connectivity index (χ3v) is 7.00. The minimum Gasteiger partial charge on any atom is -0.325 e. The van der Waals surface area contributed by atoms with Gasteiger partial charge in [0, 0.05) is 16.9 Å². The van der Waals surface area contributed by atoms with Crippen molar-refractivity contribution in [2.45, 2.75) is 74.6 Å². The average molecular weight is 399 g/mol. The highest BCUT2D eigenvalue weighted by atomic mass is 32.2. The van der Waals surface area contributed by atoms with Gasteiger partial charge in [-0.3, -0.25) is 4.79 Å². The molecule has 0 unspecified atom stereocenters. The van der Waals surface area contributed by atoms with E-state index in [-0.39, 0.29) is 22.8 Å². The summed E-state index contributed by atoms with van der Waals surface area (Å²) in [4.78, 5) is 13.1. The molecule has 0 spiro atoms. The minimum absolute atomic E-state index is 0.00534. The molecule has 0 radical (unpaired) electrons. The molecule has 5 nitrogen and oxygen atoms in total. The second-order valence-electron chi connectivity index (χ2n) is 7.17. The molecule has 1 amide bonds. The Morgan fingerprint density at radius 1 is 1.12 bits per heavy atom. The lowest BCUT2D eigenvalue weighted by molar-refractivity contribution is -0.118. The van der Waals surface area contributed by atoms with Crippen molar-refractivity contribution in [1.82, 2.24) is 4.72 Å². The third kappa shape index (κ3) is 5.99. The maximum absolute atomic E-state index is 12.8. The molecule has 26 heavy (non-hydrogen) atoms. The summed E-state index contributed by atoms with van der Waals surface area (Å²) in [5, 5.41) is 2.84. The molecule has 7 heteroatoms. The molecule has 0 heterocycles.